The van der Waals surface area contributed by atoms with Crippen LogP contribution in [0.2, 0.25) is 0 Å². The molecule has 2 aromatic carbocycles. The van der Waals surface area contributed by atoms with Gasteiger partial charge in [0.15, 0.2) is 0 Å². The minimum Gasteiger partial charge on any atom is -0.319 e. The molecule has 0 radical (unpaired) electrons. The van der Waals surface area contributed by atoms with Gasteiger partial charge in [-0.05, 0) is 43.5 Å². The SMILES string of the molecule is CNCC(CCc1c(F)cccc1F)c1ccccc1. The third-order valence-electron chi connectivity index (χ3n) is 3.53. The molecule has 1 atom stereocenters. The molecule has 0 saturated heterocycles. The van der Waals surface area contributed by atoms with Crippen molar-refractivity contribution in [2.75, 3.05) is 13.6 Å². The number of hydrogen-bond acceptors (Lipinski definition) is 1. The predicted octanol–water partition coefficient (Wildman–Crippen LogP) is 3.90. The Hall–Kier alpha value is -1.74. The van der Waals surface area contributed by atoms with Gasteiger partial charge >= 0.3 is 0 Å². The standard InChI is InChI=1S/C17H19F2N/c1-20-12-14(13-6-3-2-4-7-13)10-11-15-16(18)8-5-9-17(15)19/h2-9,14,20H,10-12H2,1H3. The van der Waals surface area contributed by atoms with E-state index in [0.29, 0.717) is 12.8 Å². The summed E-state index contributed by atoms with van der Waals surface area (Å²) in [5, 5.41) is 3.14. The van der Waals surface area contributed by atoms with E-state index in [1.807, 2.05) is 25.2 Å². The van der Waals surface area contributed by atoms with Crippen molar-refractivity contribution >= 4 is 0 Å². The third-order valence-corrected chi connectivity index (χ3v) is 3.53. The minimum absolute atomic E-state index is 0.185. The second-order valence-electron chi connectivity index (χ2n) is 4.90. The second kappa shape index (κ2) is 7.15. The average Bonchev–Trinajstić information content (AvgIpc) is 2.46. The van der Waals surface area contributed by atoms with Crippen LogP contribution in [0.3, 0.4) is 0 Å². The Balaban J connectivity index is 2.10. The van der Waals surface area contributed by atoms with Crippen LogP contribution in [0.4, 0.5) is 8.78 Å². The Bertz CT molecular complexity index is 520. The number of hydrogen-bond donors (Lipinski definition) is 1. The smallest absolute Gasteiger partial charge is 0.129 e. The summed E-state index contributed by atoms with van der Waals surface area (Å²) in [5.41, 5.74) is 1.38. The molecule has 0 aliphatic carbocycles. The number of nitrogens with one attached hydrogen (secondary N) is 1. The van der Waals surface area contributed by atoms with Gasteiger partial charge < -0.3 is 5.32 Å². The second-order valence-corrected chi connectivity index (χ2v) is 4.90. The van der Waals surface area contributed by atoms with Crippen molar-refractivity contribution in [1.29, 1.82) is 0 Å². The van der Waals surface area contributed by atoms with Crippen LogP contribution in [0.5, 0.6) is 0 Å². The molecule has 1 N–H and O–H groups in total. The zero-order valence-electron chi connectivity index (χ0n) is 11.6. The normalized spacial score (nSPS) is 12.3. The molecule has 0 bridgehead atoms. The lowest BCUT2D eigenvalue weighted by Gasteiger charge is -2.17. The van der Waals surface area contributed by atoms with Crippen LogP contribution >= 0.6 is 0 Å². The molecular weight excluding hydrogens is 256 g/mol. The molecular formula is C17H19F2N. The zero-order valence-corrected chi connectivity index (χ0v) is 11.6. The first-order chi connectivity index (χ1) is 9.72. The van der Waals surface area contributed by atoms with Gasteiger partial charge in [-0.3, -0.25) is 0 Å². The Kier molecular flexibility index (Phi) is 5.24. The van der Waals surface area contributed by atoms with Crippen LogP contribution in [0.15, 0.2) is 48.5 Å². The van der Waals surface area contributed by atoms with Gasteiger partial charge in [-0.25, -0.2) is 8.78 Å². The highest BCUT2D eigenvalue weighted by Gasteiger charge is 2.14. The fourth-order valence-electron chi connectivity index (χ4n) is 2.45. The first kappa shape index (κ1) is 14.7. The molecule has 2 rings (SSSR count). The summed E-state index contributed by atoms with van der Waals surface area (Å²) in [6.07, 6.45) is 1.11. The maximum Gasteiger partial charge on any atom is 0.129 e. The van der Waals surface area contributed by atoms with Gasteiger partial charge in [0.1, 0.15) is 11.6 Å². The topological polar surface area (TPSA) is 12.0 Å². The molecule has 106 valence electrons. The maximum absolute atomic E-state index is 13.6. The number of benzene rings is 2. The highest BCUT2D eigenvalue weighted by molar-refractivity contribution is 5.23. The van der Waals surface area contributed by atoms with Crippen LogP contribution in [0.1, 0.15) is 23.5 Å². The first-order valence-corrected chi connectivity index (χ1v) is 6.84. The van der Waals surface area contributed by atoms with Crippen molar-refractivity contribution in [2.24, 2.45) is 0 Å². The van der Waals surface area contributed by atoms with E-state index in [9.17, 15) is 8.78 Å². The van der Waals surface area contributed by atoms with Crippen molar-refractivity contribution in [3.8, 4) is 0 Å². The summed E-state index contributed by atoms with van der Waals surface area (Å²) in [6, 6.07) is 14.1. The summed E-state index contributed by atoms with van der Waals surface area (Å²) in [5.74, 6) is -0.664. The number of halogens is 2. The van der Waals surface area contributed by atoms with E-state index >= 15 is 0 Å². The van der Waals surface area contributed by atoms with E-state index in [-0.39, 0.29) is 11.5 Å². The van der Waals surface area contributed by atoms with Crippen molar-refractivity contribution < 1.29 is 8.78 Å². The molecule has 1 unspecified atom stereocenters. The number of likely N-dealkylation sites (N-methyl/N-ethyl adjacent to an activating group) is 1. The fourth-order valence-corrected chi connectivity index (χ4v) is 2.45. The van der Waals surface area contributed by atoms with E-state index in [0.717, 1.165) is 6.54 Å². The Morgan fingerprint density at radius 3 is 2.20 bits per heavy atom. The van der Waals surface area contributed by atoms with E-state index in [4.69, 9.17) is 0 Å². The minimum atomic E-state index is -0.457. The fraction of sp³-hybridized carbons (Fsp3) is 0.294. The molecule has 1 nitrogen and oxygen atoms in total. The van der Waals surface area contributed by atoms with Crippen LogP contribution < -0.4 is 5.32 Å². The lowest BCUT2D eigenvalue weighted by atomic mass is 9.92. The van der Waals surface area contributed by atoms with Gasteiger partial charge in [0.05, 0.1) is 0 Å². The molecule has 0 amide bonds. The van der Waals surface area contributed by atoms with Crippen molar-refractivity contribution in [3.63, 3.8) is 0 Å². The van der Waals surface area contributed by atoms with Gasteiger partial charge in [-0.2, -0.15) is 0 Å². The lowest BCUT2D eigenvalue weighted by Crippen LogP contribution is -2.18. The van der Waals surface area contributed by atoms with Crippen LogP contribution in [-0.2, 0) is 6.42 Å². The number of rotatable bonds is 6. The molecule has 3 heteroatoms. The quantitative estimate of drug-likeness (QED) is 0.843. The first-order valence-electron chi connectivity index (χ1n) is 6.84. The van der Waals surface area contributed by atoms with Crippen molar-refractivity contribution in [2.45, 2.75) is 18.8 Å². The Morgan fingerprint density at radius 1 is 0.950 bits per heavy atom. The summed E-state index contributed by atoms with van der Waals surface area (Å²) >= 11 is 0. The van der Waals surface area contributed by atoms with E-state index in [2.05, 4.69) is 17.4 Å². The molecule has 2 aromatic rings. The van der Waals surface area contributed by atoms with Gasteiger partial charge in [-0.15, -0.1) is 0 Å². The predicted molar refractivity (Wildman–Crippen MR) is 77.8 cm³/mol. The molecule has 0 heterocycles. The van der Waals surface area contributed by atoms with Crippen LogP contribution in [0, 0.1) is 11.6 Å². The van der Waals surface area contributed by atoms with Gasteiger partial charge in [0.25, 0.3) is 0 Å². The zero-order chi connectivity index (χ0) is 14.4. The Morgan fingerprint density at radius 2 is 1.60 bits per heavy atom. The molecule has 0 aromatic heterocycles. The van der Waals surface area contributed by atoms with Crippen molar-refractivity contribution in [1.82, 2.24) is 5.32 Å². The summed E-state index contributed by atoms with van der Waals surface area (Å²) in [6.45, 7) is 0.792. The van der Waals surface area contributed by atoms with E-state index in [1.165, 1.54) is 23.8 Å². The largest absolute Gasteiger partial charge is 0.319 e. The molecule has 0 aliphatic rings. The summed E-state index contributed by atoms with van der Waals surface area (Å²) in [4.78, 5) is 0. The van der Waals surface area contributed by atoms with Crippen LogP contribution in [-0.4, -0.2) is 13.6 Å². The maximum atomic E-state index is 13.6. The van der Waals surface area contributed by atoms with Crippen LogP contribution in [0.25, 0.3) is 0 Å². The van der Waals surface area contributed by atoms with Gasteiger partial charge in [0.2, 0.25) is 0 Å². The van der Waals surface area contributed by atoms with E-state index < -0.39 is 11.6 Å². The molecule has 0 saturated carbocycles. The summed E-state index contributed by atoms with van der Waals surface area (Å²) in [7, 11) is 1.89. The lowest BCUT2D eigenvalue weighted by molar-refractivity contribution is 0.526. The van der Waals surface area contributed by atoms with Crippen molar-refractivity contribution in [3.05, 3.63) is 71.3 Å². The summed E-state index contributed by atoms with van der Waals surface area (Å²) < 4.78 is 27.3. The van der Waals surface area contributed by atoms with Gasteiger partial charge in [0, 0.05) is 12.1 Å². The monoisotopic (exact) mass is 275 g/mol. The molecule has 0 fully saturated rings. The molecule has 0 spiro atoms. The highest BCUT2D eigenvalue weighted by atomic mass is 19.1. The Labute approximate surface area is 118 Å². The van der Waals surface area contributed by atoms with Gasteiger partial charge in [-0.1, -0.05) is 36.4 Å². The molecule has 0 aliphatic heterocycles. The molecule has 20 heavy (non-hydrogen) atoms. The average molecular weight is 275 g/mol. The highest BCUT2D eigenvalue weighted by Crippen LogP contribution is 2.23. The van der Waals surface area contributed by atoms with E-state index in [1.54, 1.807) is 0 Å². The third kappa shape index (κ3) is 3.64.